The third-order valence-corrected chi connectivity index (χ3v) is 8.07. The van der Waals surface area contributed by atoms with Gasteiger partial charge in [0.2, 0.25) is 5.13 Å². The van der Waals surface area contributed by atoms with Crippen molar-refractivity contribution in [2.24, 2.45) is 11.1 Å². The van der Waals surface area contributed by atoms with E-state index in [9.17, 15) is 10.1 Å². The van der Waals surface area contributed by atoms with Gasteiger partial charge in [-0.3, -0.25) is 9.69 Å². The lowest BCUT2D eigenvalue weighted by Crippen LogP contribution is -2.42. The Morgan fingerprint density at radius 2 is 2.13 bits per heavy atom. The van der Waals surface area contributed by atoms with E-state index in [1.165, 1.54) is 11.3 Å². The lowest BCUT2D eigenvalue weighted by molar-refractivity contribution is -0.118. The normalized spacial score (nSPS) is 21.3. The lowest BCUT2D eigenvalue weighted by Gasteiger charge is -2.42. The molecule has 0 aromatic carbocycles. The van der Waals surface area contributed by atoms with Gasteiger partial charge in [0.25, 0.3) is 0 Å². The largest absolute Gasteiger partial charge is 0.384 e. The molecule has 2 N–H and O–H groups in total. The second kappa shape index (κ2) is 7.84. The molecule has 1 atom stereocenters. The third kappa shape index (κ3) is 3.68. The number of allylic oxidation sites excluding steroid dienone is 3. The van der Waals surface area contributed by atoms with Gasteiger partial charge in [-0.25, -0.2) is 0 Å². The zero-order chi connectivity index (χ0) is 21.6. The molecular formula is C21H23N5OS3. The number of hydrogen-bond acceptors (Lipinski definition) is 9. The average Bonchev–Trinajstić information content (AvgIpc) is 3.31. The molecule has 1 aliphatic heterocycles. The Hall–Kier alpha value is -2.15. The second-order valence-electron chi connectivity index (χ2n) is 8.51. The minimum absolute atomic E-state index is 0.0752. The molecule has 30 heavy (non-hydrogen) atoms. The van der Waals surface area contributed by atoms with Crippen molar-refractivity contribution in [1.29, 1.82) is 5.26 Å². The van der Waals surface area contributed by atoms with E-state index in [4.69, 9.17) is 5.73 Å². The van der Waals surface area contributed by atoms with Crippen molar-refractivity contribution in [3.8, 4) is 6.07 Å². The number of Topliss-reactive ketones (excluding diaryl/α,β-unsaturated/α-hetero) is 1. The fraction of sp³-hybridized carbons (Fsp3) is 0.429. The first-order valence-corrected chi connectivity index (χ1v) is 12.3. The number of thioether (sulfide) groups is 1. The fourth-order valence-electron chi connectivity index (χ4n) is 4.01. The zero-order valence-electron chi connectivity index (χ0n) is 17.3. The van der Waals surface area contributed by atoms with E-state index in [0.29, 0.717) is 40.2 Å². The number of rotatable bonds is 4. The molecule has 9 heteroatoms. The Balaban J connectivity index is 1.91. The van der Waals surface area contributed by atoms with Gasteiger partial charge in [0.15, 0.2) is 10.1 Å². The Morgan fingerprint density at radius 1 is 1.37 bits per heavy atom. The molecule has 0 saturated heterocycles. The van der Waals surface area contributed by atoms with Gasteiger partial charge in [0, 0.05) is 27.8 Å². The van der Waals surface area contributed by atoms with Crippen molar-refractivity contribution in [3.63, 3.8) is 0 Å². The molecule has 2 aliphatic rings. The first kappa shape index (κ1) is 21.1. The van der Waals surface area contributed by atoms with Crippen LogP contribution in [-0.2, 0) is 4.79 Å². The molecule has 156 valence electrons. The van der Waals surface area contributed by atoms with Crippen LogP contribution in [-0.4, -0.2) is 21.2 Å². The van der Waals surface area contributed by atoms with Crippen LogP contribution >= 0.6 is 34.4 Å². The van der Waals surface area contributed by atoms with Crippen molar-refractivity contribution in [3.05, 3.63) is 45.1 Å². The summed E-state index contributed by atoms with van der Waals surface area (Å²) in [6, 6.07) is 6.20. The molecular weight excluding hydrogens is 434 g/mol. The van der Waals surface area contributed by atoms with Gasteiger partial charge in [-0.05, 0) is 23.3 Å². The predicted molar refractivity (Wildman–Crippen MR) is 122 cm³/mol. The van der Waals surface area contributed by atoms with E-state index < -0.39 is 5.92 Å². The quantitative estimate of drug-likeness (QED) is 0.642. The smallest absolute Gasteiger partial charge is 0.219 e. The number of hydrogen-bond donors (Lipinski definition) is 1. The molecule has 1 aliphatic carbocycles. The third-order valence-electron chi connectivity index (χ3n) is 5.13. The predicted octanol–water partition coefficient (Wildman–Crippen LogP) is 5.04. The van der Waals surface area contributed by atoms with Crippen LogP contribution in [0, 0.1) is 16.7 Å². The van der Waals surface area contributed by atoms with E-state index in [1.54, 1.807) is 28.0 Å². The Morgan fingerprint density at radius 3 is 2.77 bits per heavy atom. The minimum Gasteiger partial charge on any atom is -0.384 e. The summed E-state index contributed by atoms with van der Waals surface area (Å²) in [6.07, 6.45) is 1.13. The molecule has 0 saturated carbocycles. The average molecular weight is 458 g/mol. The molecule has 0 fully saturated rings. The fourth-order valence-corrected chi connectivity index (χ4v) is 6.96. The SMILES string of the molecule is CC(C)Sc1nnc(N2C(N)=C(C#N)C(c3cccs3)C3=C2CC(C)(C)CC3=O)s1. The Labute approximate surface area is 188 Å². The van der Waals surface area contributed by atoms with E-state index in [1.807, 2.05) is 17.5 Å². The molecule has 2 aromatic rings. The van der Waals surface area contributed by atoms with Crippen LogP contribution in [0.3, 0.4) is 0 Å². The molecule has 0 amide bonds. The standard InChI is InChI=1S/C21H23N5OS3/c1-11(2)29-20-25-24-19(30-20)26-13-8-21(3,4)9-14(27)17(13)16(12(10-22)18(26)23)15-6-5-7-28-15/h5-7,11,16H,8-9,23H2,1-4H3. The van der Waals surface area contributed by atoms with Gasteiger partial charge in [-0.1, -0.05) is 56.9 Å². The van der Waals surface area contributed by atoms with E-state index in [0.717, 1.165) is 14.9 Å². The maximum absolute atomic E-state index is 13.4. The monoisotopic (exact) mass is 457 g/mol. The van der Waals surface area contributed by atoms with E-state index in [2.05, 4.69) is 44.0 Å². The number of nitriles is 1. The van der Waals surface area contributed by atoms with Crippen molar-refractivity contribution >= 4 is 45.4 Å². The number of carbonyl (C=O) groups is 1. The maximum Gasteiger partial charge on any atom is 0.219 e. The summed E-state index contributed by atoms with van der Waals surface area (Å²) in [5, 5.41) is 21.6. The van der Waals surface area contributed by atoms with Gasteiger partial charge < -0.3 is 5.73 Å². The minimum atomic E-state index is -0.415. The highest BCUT2D eigenvalue weighted by Gasteiger charge is 2.45. The van der Waals surface area contributed by atoms with Crippen LogP contribution in [0.4, 0.5) is 5.13 Å². The summed E-state index contributed by atoms with van der Waals surface area (Å²) in [5.74, 6) is 0.00544. The second-order valence-corrected chi connectivity index (χ2v) is 12.3. The number of thiophene rings is 1. The zero-order valence-corrected chi connectivity index (χ0v) is 19.7. The topological polar surface area (TPSA) is 95.9 Å². The number of ketones is 1. The molecule has 4 rings (SSSR count). The van der Waals surface area contributed by atoms with Gasteiger partial charge in [0.05, 0.1) is 17.6 Å². The Bertz CT molecular complexity index is 1090. The Kier molecular flexibility index (Phi) is 5.51. The highest BCUT2D eigenvalue weighted by molar-refractivity contribution is 8.01. The number of aromatic nitrogens is 2. The summed E-state index contributed by atoms with van der Waals surface area (Å²) in [5.41, 5.74) is 8.32. The van der Waals surface area contributed by atoms with Gasteiger partial charge in [0.1, 0.15) is 5.82 Å². The molecule has 0 bridgehead atoms. The molecule has 0 radical (unpaired) electrons. The van der Waals surface area contributed by atoms with Crippen LogP contribution in [0.5, 0.6) is 0 Å². The summed E-state index contributed by atoms with van der Waals surface area (Å²) >= 11 is 4.62. The van der Waals surface area contributed by atoms with Gasteiger partial charge in [-0.2, -0.15) is 5.26 Å². The van der Waals surface area contributed by atoms with Crippen LogP contribution in [0.15, 0.2) is 44.5 Å². The molecule has 1 unspecified atom stereocenters. The van der Waals surface area contributed by atoms with Crippen LogP contribution in [0.2, 0.25) is 0 Å². The van der Waals surface area contributed by atoms with Gasteiger partial charge in [-0.15, -0.1) is 21.5 Å². The summed E-state index contributed by atoms with van der Waals surface area (Å²) in [6.45, 7) is 8.38. The highest BCUT2D eigenvalue weighted by Crippen LogP contribution is 2.51. The van der Waals surface area contributed by atoms with Crippen molar-refractivity contribution in [2.45, 2.75) is 56.0 Å². The van der Waals surface area contributed by atoms with Crippen molar-refractivity contribution in [1.82, 2.24) is 10.2 Å². The summed E-state index contributed by atoms with van der Waals surface area (Å²) < 4.78 is 0.843. The van der Waals surface area contributed by atoms with Crippen molar-refractivity contribution < 1.29 is 4.79 Å². The van der Waals surface area contributed by atoms with Crippen LogP contribution < -0.4 is 10.6 Å². The van der Waals surface area contributed by atoms with E-state index in [-0.39, 0.29) is 11.2 Å². The lowest BCUT2D eigenvalue weighted by atomic mass is 9.70. The number of nitrogens with zero attached hydrogens (tertiary/aromatic N) is 4. The van der Waals surface area contributed by atoms with Crippen LogP contribution in [0.25, 0.3) is 0 Å². The number of anilines is 1. The molecule has 6 nitrogen and oxygen atoms in total. The van der Waals surface area contributed by atoms with Crippen molar-refractivity contribution in [2.75, 3.05) is 4.90 Å². The first-order chi connectivity index (χ1) is 14.2. The van der Waals surface area contributed by atoms with Crippen LogP contribution in [0.1, 0.15) is 51.3 Å². The molecule has 3 heterocycles. The summed E-state index contributed by atoms with van der Waals surface area (Å²) in [7, 11) is 0. The number of nitrogens with two attached hydrogens (primary N) is 1. The highest BCUT2D eigenvalue weighted by atomic mass is 32.2. The number of carbonyl (C=O) groups excluding carboxylic acids is 1. The maximum atomic E-state index is 13.4. The molecule has 0 spiro atoms. The van der Waals surface area contributed by atoms with Gasteiger partial charge >= 0.3 is 0 Å². The summed E-state index contributed by atoms with van der Waals surface area (Å²) in [4.78, 5) is 16.1. The van der Waals surface area contributed by atoms with E-state index >= 15 is 0 Å². The first-order valence-electron chi connectivity index (χ1n) is 9.71. The molecule has 2 aromatic heterocycles.